The lowest BCUT2D eigenvalue weighted by molar-refractivity contribution is 0.421. The van der Waals surface area contributed by atoms with E-state index in [9.17, 15) is 0 Å². The number of rotatable bonds is 2. The zero-order valence-corrected chi connectivity index (χ0v) is 9.67. The third-order valence-electron chi connectivity index (χ3n) is 2.10. The fraction of sp³-hybridized carbons (Fsp3) is 0.200. The van der Waals surface area contributed by atoms with E-state index in [1.807, 2.05) is 17.7 Å². The van der Waals surface area contributed by atoms with Gasteiger partial charge in [-0.3, -0.25) is 0 Å². The van der Waals surface area contributed by atoms with Crippen LogP contribution in [0.5, 0.6) is 5.75 Å². The number of thioether (sulfide) groups is 1. The molecule has 0 aliphatic carbocycles. The fourth-order valence-electron chi connectivity index (χ4n) is 1.41. The summed E-state index contributed by atoms with van der Waals surface area (Å²) >= 11 is 3.36. The van der Waals surface area contributed by atoms with Crippen LogP contribution in [0.1, 0.15) is 0 Å². The second-order valence-electron chi connectivity index (χ2n) is 2.89. The first-order valence-electron chi connectivity index (χ1n) is 4.15. The van der Waals surface area contributed by atoms with Crippen molar-refractivity contribution >= 4 is 38.9 Å². The second kappa shape index (κ2) is 3.71. The van der Waals surface area contributed by atoms with E-state index in [0.29, 0.717) is 0 Å². The molecule has 2 nitrogen and oxygen atoms in total. The molecule has 0 aliphatic rings. The number of nitrogens with two attached hydrogens (primary N) is 1. The molecule has 0 bridgehead atoms. The summed E-state index contributed by atoms with van der Waals surface area (Å²) in [5, 5.41) is 3.03. The smallest absolute Gasteiger partial charge is 0.139 e. The molecule has 0 saturated carbocycles. The molecule has 1 aromatic carbocycles. The van der Waals surface area contributed by atoms with Gasteiger partial charge in [-0.05, 0) is 18.4 Å². The van der Waals surface area contributed by atoms with E-state index in [1.165, 1.54) is 9.60 Å². The van der Waals surface area contributed by atoms with Gasteiger partial charge in [0.15, 0.2) is 0 Å². The Morgan fingerprint density at radius 1 is 1.43 bits per heavy atom. The Morgan fingerprint density at radius 2 is 2.21 bits per heavy atom. The highest BCUT2D eigenvalue weighted by Gasteiger charge is 2.08. The maximum absolute atomic E-state index is 5.97. The highest BCUT2D eigenvalue weighted by molar-refractivity contribution is 7.98. The minimum absolute atomic E-state index is 0.796. The Bertz CT molecular complexity index is 464. The van der Waals surface area contributed by atoms with E-state index in [2.05, 4.69) is 6.07 Å². The number of methoxy groups -OCH3 is 1. The SMILES string of the molecule is COc1csc2cc(SC)cc(N)c12. The van der Waals surface area contributed by atoms with Crippen LogP contribution in [0.15, 0.2) is 22.4 Å². The molecule has 4 heteroatoms. The average molecular weight is 225 g/mol. The number of ether oxygens (including phenoxy) is 1. The van der Waals surface area contributed by atoms with Crippen LogP contribution in [0.3, 0.4) is 0 Å². The summed E-state index contributed by atoms with van der Waals surface area (Å²) in [6.07, 6.45) is 2.05. The van der Waals surface area contributed by atoms with Gasteiger partial charge in [-0.25, -0.2) is 0 Å². The van der Waals surface area contributed by atoms with Crippen LogP contribution in [0.4, 0.5) is 5.69 Å². The summed E-state index contributed by atoms with van der Waals surface area (Å²) in [4.78, 5) is 1.19. The lowest BCUT2D eigenvalue weighted by Crippen LogP contribution is -1.88. The fourth-order valence-corrected chi connectivity index (χ4v) is 2.95. The molecular formula is C10H11NOS2. The zero-order chi connectivity index (χ0) is 10.1. The van der Waals surface area contributed by atoms with E-state index < -0.39 is 0 Å². The molecule has 2 aromatic rings. The molecule has 0 saturated heterocycles. The summed E-state index contributed by atoms with van der Waals surface area (Å²) in [6.45, 7) is 0. The van der Waals surface area contributed by atoms with Crippen LogP contribution in [0.2, 0.25) is 0 Å². The highest BCUT2D eigenvalue weighted by Crippen LogP contribution is 2.38. The average Bonchev–Trinajstić information content (AvgIpc) is 2.61. The summed E-state index contributed by atoms with van der Waals surface area (Å²) in [7, 11) is 1.67. The molecule has 14 heavy (non-hydrogen) atoms. The number of thiophene rings is 1. The first-order valence-corrected chi connectivity index (χ1v) is 6.25. The van der Waals surface area contributed by atoms with Crippen molar-refractivity contribution in [3.8, 4) is 5.75 Å². The van der Waals surface area contributed by atoms with Gasteiger partial charge in [0.1, 0.15) is 5.75 Å². The van der Waals surface area contributed by atoms with Gasteiger partial charge in [0, 0.05) is 20.7 Å². The Balaban J connectivity index is 2.72. The Morgan fingerprint density at radius 3 is 2.86 bits per heavy atom. The molecule has 0 atom stereocenters. The third-order valence-corrected chi connectivity index (χ3v) is 3.72. The predicted octanol–water partition coefficient (Wildman–Crippen LogP) is 3.21. The summed E-state index contributed by atoms with van der Waals surface area (Å²) in [5.74, 6) is 0.871. The van der Waals surface area contributed by atoms with E-state index in [-0.39, 0.29) is 0 Å². The van der Waals surface area contributed by atoms with Crippen LogP contribution >= 0.6 is 23.1 Å². The molecule has 0 radical (unpaired) electrons. The summed E-state index contributed by atoms with van der Waals surface area (Å²) in [5.41, 5.74) is 6.76. The minimum Gasteiger partial charge on any atom is -0.495 e. The van der Waals surface area contributed by atoms with Gasteiger partial charge in [-0.1, -0.05) is 0 Å². The van der Waals surface area contributed by atoms with Gasteiger partial charge in [0.05, 0.1) is 12.5 Å². The van der Waals surface area contributed by atoms with Gasteiger partial charge >= 0.3 is 0 Å². The molecule has 0 spiro atoms. The largest absolute Gasteiger partial charge is 0.495 e. The zero-order valence-electron chi connectivity index (χ0n) is 8.03. The van der Waals surface area contributed by atoms with Gasteiger partial charge < -0.3 is 10.5 Å². The number of hydrogen-bond acceptors (Lipinski definition) is 4. The number of fused-ring (bicyclic) bond motifs is 1. The van der Waals surface area contributed by atoms with Crippen molar-refractivity contribution in [2.24, 2.45) is 0 Å². The second-order valence-corrected chi connectivity index (χ2v) is 4.68. The molecular weight excluding hydrogens is 214 g/mol. The van der Waals surface area contributed by atoms with Crippen LogP contribution in [-0.4, -0.2) is 13.4 Å². The van der Waals surface area contributed by atoms with Gasteiger partial charge in [0.25, 0.3) is 0 Å². The first kappa shape index (κ1) is 9.68. The highest BCUT2D eigenvalue weighted by atomic mass is 32.2. The van der Waals surface area contributed by atoms with Crippen molar-refractivity contribution in [1.82, 2.24) is 0 Å². The molecule has 1 heterocycles. The number of anilines is 1. The number of hydrogen-bond donors (Lipinski definition) is 1. The molecule has 0 amide bonds. The molecule has 0 aliphatic heterocycles. The van der Waals surface area contributed by atoms with Gasteiger partial charge in [0.2, 0.25) is 0 Å². The van der Waals surface area contributed by atoms with Crippen molar-refractivity contribution < 1.29 is 4.74 Å². The van der Waals surface area contributed by atoms with Crippen molar-refractivity contribution in [1.29, 1.82) is 0 Å². The van der Waals surface area contributed by atoms with Crippen LogP contribution in [-0.2, 0) is 0 Å². The van der Waals surface area contributed by atoms with Crippen molar-refractivity contribution in [2.75, 3.05) is 19.1 Å². The molecule has 2 N–H and O–H groups in total. The first-order chi connectivity index (χ1) is 6.76. The van der Waals surface area contributed by atoms with Crippen LogP contribution in [0.25, 0.3) is 10.1 Å². The van der Waals surface area contributed by atoms with Crippen molar-refractivity contribution in [3.05, 3.63) is 17.5 Å². The Kier molecular flexibility index (Phi) is 2.56. The number of benzene rings is 1. The van der Waals surface area contributed by atoms with Crippen molar-refractivity contribution in [2.45, 2.75) is 4.90 Å². The van der Waals surface area contributed by atoms with Crippen LogP contribution in [0, 0.1) is 0 Å². The monoisotopic (exact) mass is 225 g/mol. The molecule has 74 valence electrons. The van der Waals surface area contributed by atoms with Gasteiger partial charge in [-0.15, -0.1) is 23.1 Å². The topological polar surface area (TPSA) is 35.2 Å². The lowest BCUT2D eigenvalue weighted by Gasteiger charge is -2.03. The van der Waals surface area contributed by atoms with Gasteiger partial charge in [-0.2, -0.15) is 0 Å². The predicted molar refractivity (Wildman–Crippen MR) is 64.6 cm³/mol. The quantitative estimate of drug-likeness (QED) is 0.629. The Labute approximate surface area is 91.1 Å². The standard InChI is InChI=1S/C10H11NOS2/c1-12-8-5-14-9-4-6(13-2)3-7(11)10(8)9/h3-5H,11H2,1-2H3. The molecule has 1 aromatic heterocycles. The lowest BCUT2D eigenvalue weighted by atomic mass is 10.2. The van der Waals surface area contributed by atoms with Crippen molar-refractivity contribution in [3.63, 3.8) is 0 Å². The summed E-state index contributed by atoms with van der Waals surface area (Å²) in [6, 6.07) is 4.13. The third kappa shape index (κ3) is 1.44. The molecule has 2 rings (SSSR count). The molecule has 0 fully saturated rings. The number of nitrogen functional groups attached to an aromatic ring is 1. The van der Waals surface area contributed by atoms with Crippen LogP contribution < -0.4 is 10.5 Å². The minimum atomic E-state index is 0.796. The van der Waals surface area contributed by atoms with E-state index in [4.69, 9.17) is 10.5 Å². The Hall–Kier alpha value is -0.870. The molecule has 0 unspecified atom stereocenters. The normalized spacial score (nSPS) is 10.7. The maximum atomic E-state index is 5.97. The van der Waals surface area contributed by atoms with E-state index in [1.54, 1.807) is 30.2 Å². The van der Waals surface area contributed by atoms with E-state index in [0.717, 1.165) is 16.8 Å². The van der Waals surface area contributed by atoms with E-state index >= 15 is 0 Å². The summed E-state index contributed by atoms with van der Waals surface area (Å²) < 4.78 is 6.43. The maximum Gasteiger partial charge on any atom is 0.139 e.